The lowest BCUT2D eigenvalue weighted by atomic mass is 10.0. The Labute approximate surface area is 151 Å². The minimum absolute atomic E-state index is 0.0175. The van der Waals surface area contributed by atoms with E-state index in [0.29, 0.717) is 22.0 Å². The van der Waals surface area contributed by atoms with Crippen molar-refractivity contribution >= 4 is 29.1 Å². The van der Waals surface area contributed by atoms with Gasteiger partial charge in [-0.3, -0.25) is 9.59 Å². The van der Waals surface area contributed by atoms with E-state index >= 15 is 0 Å². The molecule has 2 rings (SSSR count). The van der Waals surface area contributed by atoms with Gasteiger partial charge >= 0.3 is 0 Å². The fourth-order valence-corrected chi connectivity index (χ4v) is 2.65. The molecule has 0 bridgehead atoms. The van der Waals surface area contributed by atoms with Crippen LogP contribution in [0.1, 0.15) is 25.8 Å². The third kappa shape index (κ3) is 4.85. The van der Waals surface area contributed by atoms with Gasteiger partial charge in [-0.05, 0) is 32.0 Å². The molecule has 1 aliphatic rings. The Morgan fingerprint density at radius 1 is 1.48 bits per heavy atom. The molecule has 0 aliphatic carbocycles. The summed E-state index contributed by atoms with van der Waals surface area (Å²) < 4.78 is 5.18. The number of carbonyl (C=O) groups is 2. The van der Waals surface area contributed by atoms with Gasteiger partial charge < -0.3 is 19.8 Å². The zero-order valence-corrected chi connectivity index (χ0v) is 15.5. The van der Waals surface area contributed by atoms with Crippen LogP contribution in [0.4, 0.5) is 0 Å². The fourth-order valence-electron chi connectivity index (χ4n) is 2.43. The molecular weight excluding hydrogens is 346 g/mol. The van der Waals surface area contributed by atoms with Gasteiger partial charge in [-0.2, -0.15) is 0 Å². The van der Waals surface area contributed by atoms with E-state index in [-0.39, 0.29) is 30.8 Å². The zero-order chi connectivity index (χ0) is 18.6. The molecule has 7 nitrogen and oxygen atoms in total. The Kier molecular flexibility index (Phi) is 6.25. The second-order valence-corrected chi connectivity index (χ2v) is 6.51. The van der Waals surface area contributed by atoms with E-state index in [1.165, 1.54) is 4.90 Å². The number of hydrogen-bond acceptors (Lipinski definition) is 5. The highest BCUT2D eigenvalue weighted by Crippen LogP contribution is 2.27. The smallest absolute Gasteiger partial charge is 0.267 e. The van der Waals surface area contributed by atoms with Crippen LogP contribution in [0.5, 0.6) is 5.75 Å². The average molecular weight is 368 g/mol. The second kappa shape index (κ2) is 8.20. The molecular formula is C17H22ClN3O4. The maximum absolute atomic E-state index is 12.4. The fraction of sp³-hybridized carbons (Fsp3) is 0.471. The lowest BCUT2D eigenvalue weighted by molar-refractivity contribution is -0.143. The topological polar surface area (TPSA) is 80.2 Å². The molecule has 1 N–H and O–H groups in total. The van der Waals surface area contributed by atoms with Gasteiger partial charge in [0.15, 0.2) is 0 Å². The lowest BCUT2D eigenvalue weighted by Gasteiger charge is -2.20. The zero-order valence-electron chi connectivity index (χ0n) is 14.7. The van der Waals surface area contributed by atoms with E-state index in [9.17, 15) is 9.59 Å². The molecule has 0 fully saturated rings. The van der Waals surface area contributed by atoms with Crippen LogP contribution < -0.4 is 10.1 Å². The number of nitrogens with one attached hydrogen (secondary N) is 1. The van der Waals surface area contributed by atoms with Gasteiger partial charge in [0.25, 0.3) is 5.91 Å². The standard InChI is InChI=1S/C17H22ClN3O4/c1-10(2)19-16(22)9-21(3)17(23)15-8-14(20-25-15)12-7-11(24-4)5-6-13(12)18/h5-7,10,15H,8-9H2,1-4H3,(H,19,22)/t15-/m1/s1. The summed E-state index contributed by atoms with van der Waals surface area (Å²) in [6.07, 6.45) is -0.490. The Morgan fingerprint density at radius 2 is 2.20 bits per heavy atom. The highest BCUT2D eigenvalue weighted by molar-refractivity contribution is 6.34. The molecule has 2 amide bonds. The number of rotatable bonds is 6. The Hall–Kier alpha value is -2.28. The van der Waals surface area contributed by atoms with Crippen LogP contribution in [0.15, 0.2) is 23.4 Å². The first kappa shape index (κ1) is 19.1. The molecule has 0 unspecified atom stereocenters. The molecule has 0 aromatic heterocycles. The Balaban J connectivity index is 1.99. The van der Waals surface area contributed by atoms with E-state index in [4.69, 9.17) is 21.2 Å². The highest BCUT2D eigenvalue weighted by atomic mass is 35.5. The summed E-state index contributed by atoms with van der Waals surface area (Å²) in [5.74, 6) is 0.108. The molecule has 1 heterocycles. The normalized spacial score (nSPS) is 16.2. The molecule has 0 radical (unpaired) electrons. The second-order valence-electron chi connectivity index (χ2n) is 6.10. The van der Waals surface area contributed by atoms with Crippen LogP contribution in [-0.4, -0.2) is 55.3 Å². The van der Waals surface area contributed by atoms with Gasteiger partial charge in [-0.1, -0.05) is 16.8 Å². The number of likely N-dealkylation sites (N-methyl/N-ethyl adjacent to an activating group) is 1. The van der Waals surface area contributed by atoms with Gasteiger partial charge in [0.2, 0.25) is 12.0 Å². The van der Waals surface area contributed by atoms with Crippen molar-refractivity contribution in [1.82, 2.24) is 10.2 Å². The Morgan fingerprint density at radius 3 is 2.84 bits per heavy atom. The lowest BCUT2D eigenvalue weighted by Crippen LogP contribution is -2.44. The van der Waals surface area contributed by atoms with Crippen LogP contribution in [0.3, 0.4) is 0 Å². The van der Waals surface area contributed by atoms with Crippen LogP contribution in [0.25, 0.3) is 0 Å². The van der Waals surface area contributed by atoms with Crippen molar-refractivity contribution in [2.75, 3.05) is 20.7 Å². The van der Waals surface area contributed by atoms with Gasteiger partial charge in [0.05, 0.1) is 24.4 Å². The largest absolute Gasteiger partial charge is 0.497 e. The van der Waals surface area contributed by atoms with E-state index in [2.05, 4.69) is 10.5 Å². The maximum atomic E-state index is 12.4. The molecule has 0 saturated carbocycles. The number of halogens is 1. The minimum atomic E-state index is -0.769. The molecule has 1 atom stereocenters. The van der Waals surface area contributed by atoms with E-state index in [1.54, 1.807) is 32.4 Å². The molecule has 136 valence electrons. The molecule has 0 spiro atoms. The summed E-state index contributed by atoms with van der Waals surface area (Å²) in [7, 11) is 3.12. The van der Waals surface area contributed by atoms with E-state index < -0.39 is 6.10 Å². The SMILES string of the molecule is COc1ccc(Cl)c(C2=NO[C@@H](C(=O)N(C)CC(=O)NC(C)C)C2)c1. The predicted molar refractivity (Wildman–Crippen MR) is 94.9 cm³/mol. The van der Waals surface area contributed by atoms with Crippen molar-refractivity contribution in [2.24, 2.45) is 5.16 Å². The van der Waals surface area contributed by atoms with Gasteiger partial charge in [-0.25, -0.2) is 0 Å². The third-order valence-electron chi connectivity index (χ3n) is 3.64. The quantitative estimate of drug-likeness (QED) is 0.831. The number of amides is 2. The van der Waals surface area contributed by atoms with E-state index in [1.807, 2.05) is 13.8 Å². The van der Waals surface area contributed by atoms with Gasteiger partial charge in [0.1, 0.15) is 5.75 Å². The molecule has 25 heavy (non-hydrogen) atoms. The number of nitrogens with zero attached hydrogens (tertiary/aromatic N) is 2. The average Bonchev–Trinajstić information content (AvgIpc) is 3.03. The number of hydrogen-bond donors (Lipinski definition) is 1. The number of oxime groups is 1. The van der Waals surface area contributed by atoms with Crippen molar-refractivity contribution in [3.05, 3.63) is 28.8 Å². The van der Waals surface area contributed by atoms with E-state index in [0.717, 1.165) is 0 Å². The number of carbonyl (C=O) groups excluding carboxylic acids is 2. The summed E-state index contributed by atoms with van der Waals surface area (Å²) in [6.45, 7) is 3.68. The summed E-state index contributed by atoms with van der Waals surface area (Å²) >= 11 is 6.20. The van der Waals surface area contributed by atoms with Crippen LogP contribution in [0, 0.1) is 0 Å². The van der Waals surface area contributed by atoms with Gasteiger partial charge in [0, 0.05) is 25.1 Å². The minimum Gasteiger partial charge on any atom is -0.497 e. The van der Waals surface area contributed by atoms with Crippen molar-refractivity contribution in [2.45, 2.75) is 32.4 Å². The monoisotopic (exact) mass is 367 g/mol. The van der Waals surface area contributed by atoms with Crippen molar-refractivity contribution in [1.29, 1.82) is 0 Å². The van der Waals surface area contributed by atoms with Gasteiger partial charge in [-0.15, -0.1) is 0 Å². The highest BCUT2D eigenvalue weighted by Gasteiger charge is 2.32. The predicted octanol–water partition coefficient (Wildman–Crippen LogP) is 1.82. The third-order valence-corrected chi connectivity index (χ3v) is 3.97. The Bertz CT molecular complexity index is 690. The van der Waals surface area contributed by atoms with Crippen molar-refractivity contribution in [3.8, 4) is 5.75 Å². The number of methoxy groups -OCH3 is 1. The number of benzene rings is 1. The molecule has 1 aliphatic heterocycles. The van der Waals surface area contributed by atoms with Crippen LogP contribution in [0.2, 0.25) is 5.02 Å². The molecule has 0 saturated heterocycles. The van der Waals surface area contributed by atoms with Crippen molar-refractivity contribution in [3.63, 3.8) is 0 Å². The molecule has 1 aromatic carbocycles. The first-order valence-corrected chi connectivity index (χ1v) is 8.30. The maximum Gasteiger partial charge on any atom is 0.267 e. The first-order valence-electron chi connectivity index (χ1n) is 7.92. The summed E-state index contributed by atoms with van der Waals surface area (Å²) in [5.41, 5.74) is 1.24. The summed E-state index contributed by atoms with van der Waals surface area (Å²) in [4.78, 5) is 30.8. The van der Waals surface area contributed by atoms with Crippen LogP contribution >= 0.6 is 11.6 Å². The summed E-state index contributed by atoms with van der Waals surface area (Å²) in [5, 5.41) is 7.22. The summed E-state index contributed by atoms with van der Waals surface area (Å²) in [6, 6.07) is 5.21. The molecule has 1 aromatic rings. The first-order chi connectivity index (χ1) is 11.8. The number of ether oxygens (including phenoxy) is 1. The molecule has 8 heteroatoms. The van der Waals surface area contributed by atoms with Crippen LogP contribution in [-0.2, 0) is 14.4 Å². The van der Waals surface area contributed by atoms with Crippen molar-refractivity contribution < 1.29 is 19.2 Å².